The van der Waals surface area contributed by atoms with Crippen molar-refractivity contribution in [3.8, 4) is 11.6 Å². The van der Waals surface area contributed by atoms with Gasteiger partial charge in [-0.25, -0.2) is 0 Å². The minimum Gasteiger partial charge on any atom is -0.437 e. The third-order valence-electron chi connectivity index (χ3n) is 2.33. The molecule has 16 heavy (non-hydrogen) atoms. The third-order valence-corrected chi connectivity index (χ3v) is 2.33. The van der Waals surface area contributed by atoms with E-state index in [2.05, 4.69) is 10.2 Å². The second-order valence-electron chi connectivity index (χ2n) is 3.64. The maximum absolute atomic E-state index is 5.83. The summed E-state index contributed by atoms with van der Waals surface area (Å²) in [6, 6.07) is 7.32. The van der Waals surface area contributed by atoms with Gasteiger partial charge in [0.1, 0.15) is 5.75 Å². The Balaban J connectivity index is 2.32. The smallest absolute Gasteiger partial charge is 0.238 e. The Morgan fingerprint density at radius 1 is 1.19 bits per heavy atom. The van der Waals surface area contributed by atoms with Gasteiger partial charge in [0.25, 0.3) is 0 Å². The Morgan fingerprint density at radius 3 is 2.69 bits per heavy atom. The van der Waals surface area contributed by atoms with Gasteiger partial charge in [-0.1, -0.05) is 6.07 Å². The van der Waals surface area contributed by atoms with Crippen LogP contribution in [0.15, 0.2) is 30.5 Å². The van der Waals surface area contributed by atoms with E-state index in [-0.39, 0.29) is 0 Å². The van der Waals surface area contributed by atoms with E-state index in [0.717, 1.165) is 11.1 Å². The lowest BCUT2D eigenvalue weighted by Crippen LogP contribution is -1.95. The SMILES string of the molecule is Cc1cc(C)c(Oc2cccnn2)cc1N. The lowest BCUT2D eigenvalue weighted by atomic mass is 10.1. The molecular formula is C12H13N3O. The van der Waals surface area contributed by atoms with Crippen molar-refractivity contribution in [1.29, 1.82) is 0 Å². The lowest BCUT2D eigenvalue weighted by Gasteiger charge is -2.09. The van der Waals surface area contributed by atoms with Gasteiger partial charge < -0.3 is 10.5 Å². The normalized spacial score (nSPS) is 10.1. The van der Waals surface area contributed by atoms with Crippen LogP contribution in [-0.4, -0.2) is 10.2 Å². The van der Waals surface area contributed by atoms with Crippen LogP contribution in [0.25, 0.3) is 0 Å². The number of aryl methyl sites for hydroxylation is 2. The van der Waals surface area contributed by atoms with Crippen LogP contribution in [0.5, 0.6) is 11.6 Å². The predicted molar refractivity (Wildman–Crippen MR) is 62.4 cm³/mol. The summed E-state index contributed by atoms with van der Waals surface area (Å²) >= 11 is 0. The predicted octanol–water partition coefficient (Wildman–Crippen LogP) is 2.47. The zero-order valence-electron chi connectivity index (χ0n) is 9.27. The summed E-state index contributed by atoms with van der Waals surface area (Å²) in [6.07, 6.45) is 1.60. The molecule has 2 aromatic rings. The van der Waals surface area contributed by atoms with Gasteiger partial charge in [0.2, 0.25) is 5.88 Å². The molecule has 0 saturated heterocycles. The summed E-state index contributed by atoms with van der Waals surface area (Å²) in [5.41, 5.74) is 8.61. The average molecular weight is 215 g/mol. The Hall–Kier alpha value is -2.10. The number of nitrogen functional groups attached to an aromatic ring is 1. The molecule has 1 aromatic carbocycles. The van der Waals surface area contributed by atoms with E-state index in [9.17, 15) is 0 Å². The van der Waals surface area contributed by atoms with Crippen molar-refractivity contribution in [2.24, 2.45) is 0 Å². The molecule has 0 aliphatic heterocycles. The van der Waals surface area contributed by atoms with Crippen LogP contribution in [-0.2, 0) is 0 Å². The van der Waals surface area contributed by atoms with Crippen LogP contribution in [0.3, 0.4) is 0 Å². The van der Waals surface area contributed by atoms with Crippen molar-refractivity contribution < 1.29 is 4.74 Å². The molecular weight excluding hydrogens is 202 g/mol. The molecule has 0 aliphatic carbocycles. The van der Waals surface area contributed by atoms with Crippen molar-refractivity contribution in [3.63, 3.8) is 0 Å². The molecule has 0 amide bonds. The first-order chi connectivity index (χ1) is 7.66. The van der Waals surface area contributed by atoms with Gasteiger partial charge in [-0.15, -0.1) is 5.10 Å². The number of nitrogens with two attached hydrogens (primary N) is 1. The highest BCUT2D eigenvalue weighted by Crippen LogP contribution is 2.27. The molecule has 1 aromatic heterocycles. The first-order valence-electron chi connectivity index (χ1n) is 4.99. The molecule has 0 fully saturated rings. The number of aromatic nitrogens is 2. The summed E-state index contributed by atoms with van der Waals surface area (Å²) < 4.78 is 5.59. The van der Waals surface area contributed by atoms with Crippen molar-refractivity contribution in [2.75, 3.05) is 5.73 Å². The fourth-order valence-electron chi connectivity index (χ4n) is 1.41. The van der Waals surface area contributed by atoms with Gasteiger partial charge in [-0.2, -0.15) is 5.10 Å². The minimum absolute atomic E-state index is 0.467. The molecule has 2 N–H and O–H groups in total. The largest absolute Gasteiger partial charge is 0.437 e. The van der Waals surface area contributed by atoms with E-state index in [4.69, 9.17) is 10.5 Å². The number of benzene rings is 1. The highest BCUT2D eigenvalue weighted by atomic mass is 16.5. The molecule has 0 spiro atoms. The topological polar surface area (TPSA) is 61.0 Å². The Bertz CT molecular complexity index is 497. The average Bonchev–Trinajstić information content (AvgIpc) is 2.27. The van der Waals surface area contributed by atoms with Gasteiger partial charge in [0.15, 0.2) is 0 Å². The zero-order chi connectivity index (χ0) is 11.5. The number of ether oxygens (including phenoxy) is 1. The van der Waals surface area contributed by atoms with Crippen molar-refractivity contribution in [3.05, 3.63) is 41.6 Å². The lowest BCUT2D eigenvalue weighted by molar-refractivity contribution is 0.452. The van der Waals surface area contributed by atoms with E-state index < -0.39 is 0 Å². The highest BCUT2D eigenvalue weighted by Gasteiger charge is 2.05. The molecule has 0 atom stereocenters. The number of hydrogen-bond acceptors (Lipinski definition) is 4. The molecule has 0 unspecified atom stereocenters. The molecule has 4 heteroatoms. The first-order valence-corrected chi connectivity index (χ1v) is 4.99. The number of anilines is 1. The molecule has 1 heterocycles. The van der Waals surface area contributed by atoms with Gasteiger partial charge >= 0.3 is 0 Å². The summed E-state index contributed by atoms with van der Waals surface area (Å²) in [5, 5.41) is 7.60. The van der Waals surface area contributed by atoms with Crippen LogP contribution >= 0.6 is 0 Å². The molecule has 4 nitrogen and oxygen atoms in total. The second kappa shape index (κ2) is 4.18. The van der Waals surface area contributed by atoms with Gasteiger partial charge in [-0.3, -0.25) is 0 Å². The molecule has 0 bridgehead atoms. The van der Waals surface area contributed by atoms with E-state index >= 15 is 0 Å². The summed E-state index contributed by atoms with van der Waals surface area (Å²) in [6.45, 7) is 3.94. The van der Waals surface area contributed by atoms with Gasteiger partial charge in [-0.05, 0) is 31.0 Å². The minimum atomic E-state index is 0.467. The summed E-state index contributed by atoms with van der Waals surface area (Å²) in [4.78, 5) is 0. The van der Waals surface area contributed by atoms with Crippen LogP contribution in [0, 0.1) is 13.8 Å². The fourth-order valence-corrected chi connectivity index (χ4v) is 1.41. The van der Waals surface area contributed by atoms with Crippen molar-refractivity contribution >= 4 is 5.69 Å². The van der Waals surface area contributed by atoms with E-state index in [0.29, 0.717) is 17.3 Å². The molecule has 0 aliphatic rings. The summed E-state index contributed by atoms with van der Waals surface area (Å²) in [5.74, 6) is 1.18. The molecule has 2 rings (SSSR count). The van der Waals surface area contributed by atoms with Crippen LogP contribution < -0.4 is 10.5 Å². The van der Waals surface area contributed by atoms with Crippen molar-refractivity contribution in [1.82, 2.24) is 10.2 Å². The van der Waals surface area contributed by atoms with Crippen LogP contribution in [0.1, 0.15) is 11.1 Å². The number of nitrogens with zero attached hydrogens (tertiary/aromatic N) is 2. The van der Waals surface area contributed by atoms with Crippen LogP contribution in [0.4, 0.5) is 5.69 Å². The Kier molecular flexibility index (Phi) is 2.72. The quantitative estimate of drug-likeness (QED) is 0.782. The Labute approximate surface area is 94.1 Å². The Morgan fingerprint density at radius 2 is 2.00 bits per heavy atom. The molecule has 0 saturated carbocycles. The molecule has 0 radical (unpaired) electrons. The van der Waals surface area contributed by atoms with Gasteiger partial charge in [0.05, 0.1) is 0 Å². The zero-order valence-corrected chi connectivity index (χ0v) is 9.27. The second-order valence-corrected chi connectivity index (χ2v) is 3.64. The van der Waals surface area contributed by atoms with Crippen molar-refractivity contribution in [2.45, 2.75) is 13.8 Å². The van der Waals surface area contributed by atoms with Crippen LogP contribution in [0.2, 0.25) is 0 Å². The van der Waals surface area contributed by atoms with E-state index in [1.807, 2.05) is 19.9 Å². The maximum atomic E-state index is 5.83. The molecule has 82 valence electrons. The van der Waals surface area contributed by atoms with E-state index in [1.54, 1.807) is 24.4 Å². The standard InChI is InChI=1S/C12H13N3O/c1-8-6-9(2)11(7-10(8)13)16-12-4-3-5-14-15-12/h3-7H,13H2,1-2H3. The maximum Gasteiger partial charge on any atom is 0.238 e. The first kappa shape index (κ1) is 10.4. The monoisotopic (exact) mass is 215 g/mol. The number of rotatable bonds is 2. The fraction of sp³-hybridized carbons (Fsp3) is 0.167. The van der Waals surface area contributed by atoms with E-state index in [1.165, 1.54) is 0 Å². The van der Waals surface area contributed by atoms with Gasteiger partial charge in [0, 0.05) is 24.0 Å². The highest BCUT2D eigenvalue weighted by molar-refractivity contribution is 5.54. The third kappa shape index (κ3) is 2.11. The number of hydrogen-bond donors (Lipinski definition) is 1. The summed E-state index contributed by atoms with van der Waals surface area (Å²) in [7, 11) is 0.